The van der Waals surface area contributed by atoms with E-state index in [0.717, 1.165) is 10.2 Å². The van der Waals surface area contributed by atoms with Crippen molar-refractivity contribution < 1.29 is 9.47 Å². The fourth-order valence-corrected chi connectivity index (χ4v) is 1.47. The molecule has 4 heteroatoms. The fraction of sp³-hybridized carbons (Fsp3) is 0.444. The summed E-state index contributed by atoms with van der Waals surface area (Å²) in [5.41, 5.74) is 0.933. The van der Waals surface area contributed by atoms with E-state index in [4.69, 9.17) is 9.47 Å². The summed E-state index contributed by atoms with van der Waals surface area (Å²) in [5, 5.41) is 0. The minimum atomic E-state index is 0.00171. The van der Waals surface area contributed by atoms with Gasteiger partial charge in [-0.1, -0.05) is 0 Å². The average Bonchev–Trinajstić information content (AvgIpc) is 2.20. The molecule has 1 aliphatic heterocycles. The van der Waals surface area contributed by atoms with Crippen molar-refractivity contribution in [3.8, 4) is 0 Å². The van der Waals surface area contributed by atoms with Crippen LogP contribution in [0.2, 0.25) is 0 Å². The van der Waals surface area contributed by atoms with Crippen molar-refractivity contribution in [2.45, 2.75) is 6.10 Å². The van der Waals surface area contributed by atoms with E-state index >= 15 is 0 Å². The van der Waals surface area contributed by atoms with Crippen LogP contribution in [0.5, 0.6) is 0 Å². The number of halogens is 1. The predicted molar refractivity (Wildman–Crippen MR) is 51.4 cm³/mol. The lowest BCUT2D eigenvalue weighted by molar-refractivity contribution is -0.0917. The Hall–Kier alpha value is -0.450. The number of hydrogen-bond donors (Lipinski definition) is 0. The fourth-order valence-electron chi connectivity index (χ4n) is 1.24. The van der Waals surface area contributed by atoms with E-state index in [0.29, 0.717) is 19.8 Å². The summed E-state index contributed by atoms with van der Waals surface area (Å²) in [6.45, 7) is 1.95. The molecule has 0 aromatic carbocycles. The lowest BCUT2D eigenvalue weighted by atomic mass is 10.2. The summed E-state index contributed by atoms with van der Waals surface area (Å²) in [7, 11) is 0. The Morgan fingerprint density at radius 1 is 1.38 bits per heavy atom. The van der Waals surface area contributed by atoms with Crippen LogP contribution in [-0.4, -0.2) is 24.8 Å². The number of ether oxygens (including phenoxy) is 2. The highest BCUT2D eigenvalue weighted by atomic mass is 79.9. The van der Waals surface area contributed by atoms with Gasteiger partial charge in [0.15, 0.2) is 0 Å². The van der Waals surface area contributed by atoms with Gasteiger partial charge in [0.05, 0.1) is 25.5 Å². The largest absolute Gasteiger partial charge is 0.376 e. The Labute approximate surface area is 85.2 Å². The molecule has 1 saturated heterocycles. The lowest BCUT2D eigenvalue weighted by Crippen LogP contribution is -2.22. The van der Waals surface area contributed by atoms with Gasteiger partial charge in [-0.05, 0) is 28.1 Å². The molecule has 2 heterocycles. The first-order valence-electron chi connectivity index (χ1n) is 4.17. The van der Waals surface area contributed by atoms with Gasteiger partial charge in [0.25, 0.3) is 0 Å². The SMILES string of the molecule is Brc1ccc(C2COCCO2)nc1. The average molecular weight is 244 g/mol. The molecule has 1 aromatic heterocycles. The minimum Gasteiger partial charge on any atom is -0.376 e. The summed E-state index contributed by atoms with van der Waals surface area (Å²) in [6, 6.07) is 3.91. The highest BCUT2D eigenvalue weighted by Gasteiger charge is 2.17. The Bertz CT molecular complexity index is 269. The molecule has 1 aromatic rings. The summed E-state index contributed by atoms with van der Waals surface area (Å²) >= 11 is 3.33. The molecule has 0 amide bonds. The molecule has 0 radical (unpaired) electrons. The van der Waals surface area contributed by atoms with E-state index in [1.807, 2.05) is 12.1 Å². The second-order valence-corrected chi connectivity index (χ2v) is 3.75. The second-order valence-electron chi connectivity index (χ2n) is 2.84. The number of hydrogen-bond acceptors (Lipinski definition) is 3. The zero-order valence-corrected chi connectivity index (χ0v) is 8.66. The molecule has 1 unspecified atom stereocenters. The topological polar surface area (TPSA) is 31.4 Å². The van der Waals surface area contributed by atoms with Crippen molar-refractivity contribution in [1.82, 2.24) is 4.98 Å². The van der Waals surface area contributed by atoms with E-state index in [9.17, 15) is 0 Å². The first-order valence-corrected chi connectivity index (χ1v) is 4.96. The van der Waals surface area contributed by atoms with Gasteiger partial charge in [0, 0.05) is 10.7 Å². The quantitative estimate of drug-likeness (QED) is 0.756. The van der Waals surface area contributed by atoms with E-state index in [1.54, 1.807) is 6.20 Å². The van der Waals surface area contributed by atoms with Crippen LogP contribution in [0.15, 0.2) is 22.8 Å². The van der Waals surface area contributed by atoms with Crippen LogP contribution < -0.4 is 0 Å². The van der Waals surface area contributed by atoms with Gasteiger partial charge in [-0.25, -0.2) is 0 Å². The van der Waals surface area contributed by atoms with Gasteiger partial charge in [-0.3, -0.25) is 4.98 Å². The van der Waals surface area contributed by atoms with Crippen LogP contribution in [0.4, 0.5) is 0 Å². The molecular weight excluding hydrogens is 234 g/mol. The standard InChI is InChI=1S/C9H10BrNO2/c10-7-1-2-8(11-5-7)9-6-12-3-4-13-9/h1-2,5,9H,3-4,6H2. The van der Waals surface area contributed by atoms with E-state index < -0.39 is 0 Å². The van der Waals surface area contributed by atoms with Gasteiger partial charge < -0.3 is 9.47 Å². The third kappa shape index (κ3) is 2.27. The van der Waals surface area contributed by atoms with Crippen molar-refractivity contribution in [2.24, 2.45) is 0 Å². The van der Waals surface area contributed by atoms with Crippen LogP contribution >= 0.6 is 15.9 Å². The molecule has 1 atom stereocenters. The van der Waals surface area contributed by atoms with E-state index in [2.05, 4.69) is 20.9 Å². The molecule has 0 aliphatic carbocycles. The monoisotopic (exact) mass is 243 g/mol. The Morgan fingerprint density at radius 2 is 2.31 bits per heavy atom. The van der Waals surface area contributed by atoms with Crippen LogP contribution in [0.3, 0.4) is 0 Å². The highest BCUT2D eigenvalue weighted by Crippen LogP contribution is 2.19. The van der Waals surface area contributed by atoms with Gasteiger partial charge in [-0.15, -0.1) is 0 Å². The molecule has 1 fully saturated rings. The summed E-state index contributed by atoms with van der Waals surface area (Å²) in [4.78, 5) is 4.25. The molecule has 13 heavy (non-hydrogen) atoms. The third-order valence-electron chi connectivity index (χ3n) is 1.90. The smallest absolute Gasteiger partial charge is 0.123 e. The first-order chi connectivity index (χ1) is 6.36. The molecule has 0 bridgehead atoms. The van der Waals surface area contributed by atoms with Crippen LogP contribution in [0, 0.1) is 0 Å². The maximum Gasteiger partial charge on any atom is 0.123 e. The van der Waals surface area contributed by atoms with Crippen LogP contribution in [-0.2, 0) is 9.47 Å². The van der Waals surface area contributed by atoms with Gasteiger partial charge >= 0.3 is 0 Å². The molecule has 1 aliphatic rings. The Morgan fingerprint density at radius 3 is 2.92 bits per heavy atom. The number of aromatic nitrogens is 1. The second kappa shape index (κ2) is 4.17. The summed E-state index contributed by atoms with van der Waals surface area (Å²) in [5.74, 6) is 0. The van der Waals surface area contributed by atoms with Gasteiger partial charge in [0.1, 0.15) is 6.10 Å². The first kappa shape index (κ1) is 9.12. The normalized spacial score (nSPS) is 23.0. The molecule has 0 saturated carbocycles. The predicted octanol–water partition coefficient (Wildman–Crippen LogP) is 1.93. The Balaban J connectivity index is 2.10. The van der Waals surface area contributed by atoms with Gasteiger partial charge in [0.2, 0.25) is 0 Å². The Kier molecular flexibility index (Phi) is 2.93. The molecule has 70 valence electrons. The number of nitrogens with zero attached hydrogens (tertiary/aromatic N) is 1. The molecule has 0 N–H and O–H groups in total. The van der Waals surface area contributed by atoms with Crippen molar-refractivity contribution >= 4 is 15.9 Å². The molecular formula is C9H10BrNO2. The molecule has 3 nitrogen and oxygen atoms in total. The third-order valence-corrected chi connectivity index (χ3v) is 2.37. The van der Waals surface area contributed by atoms with Crippen molar-refractivity contribution in [3.63, 3.8) is 0 Å². The maximum atomic E-state index is 5.50. The van der Waals surface area contributed by atoms with Crippen LogP contribution in [0.25, 0.3) is 0 Å². The van der Waals surface area contributed by atoms with Crippen molar-refractivity contribution in [3.05, 3.63) is 28.5 Å². The molecule has 2 rings (SSSR count). The van der Waals surface area contributed by atoms with E-state index in [1.165, 1.54) is 0 Å². The van der Waals surface area contributed by atoms with Crippen molar-refractivity contribution in [2.75, 3.05) is 19.8 Å². The number of rotatable bonds is 1. The maximum absolute atomic E-state index is 5.50. The zero-order chi connectivity index (χ0) is 9.10. The van der Waals surface area contributed by atoms with Crippen LogP contribution in [0.1, 0.15) is 11.8 Å². The van der Waals surface area contributed by atoms with Crippen molar-refractivity contribution in [1.29, 1.82) is 0 Å². The number of pyridine rings is 1. The zero-order valence-electron chi connectivity index (χ0n) is 7.07. The summed E-state index contributed by atoms with van der Waals surface area (Å²) in [6.07, 6.45) is 1.77. The van der Waals surface area contributed by atoms with E-state index in [-0.39, 0.29) is 6.10 Å². The van der Waals surface area contributed by atoms with Gasteiger partial charge in [-0.2, -0.15) is 0 Å². The lowest BCUT2D eigenvalue weighted by Gasteiger charge is -2.22. The molecule has 0 spiro atoms. The minimum absolute atomic E-state index is 0.00171. The highest BCUT2D eigenvalue weighted by molar-refractivity contribution is 9.10. The summed E-state index contributed by atoms with van der Waals surface area (Å²) < 4.78 is 11.8.